The van der Waals surface area contributed by atoms with Gasteiger partial charge in [0.05, 0.1) is 17.8 Å². The van der Waals surface area contributed by atoms with Crippen molar-refractivity contribution in [2.45, 2.75) is 13.0 Å². The maximum Gasteiger partial charge on any atom is 0.352 e. The van der Waals surface area contributed by atoms with Gasteiger partial charge in [-0.05, 0) is 67.6 Å². The van der Waals surface area contributed by atoms with Gasteiger partial charge in [0.15, 0.2) is 6.10 Å². The summed E-state index contributed by atoms with van der Waals surface area (Å²) in [5, 5.41) is 8.80. The molecular weight excluding hydrogens is 344 g/mol. The number of hydrogen-bond donors (Lipinski definition) is 0. The van der Waals surface area contributed by atoms with Gasteiger partial charge in [-0.3, -0.25) is 4.98 Å². The van der Waals surface area contributed by atoms with Gasteiger partial charge in [0.25, 0.3) is 0 Å². The van der Waals surface area contributed by atoms with Gasteiger partial charge in [-0.15, -0.1) is 0 Å². The van der Waals surface area contributed by atoms with Gasteiger partial charge in [-0.2, -0.15) is 5.26 Å². The maximum atomic E-state index is 12.1. The average Bonchev–Trinajstić information content (AvgIpc) is 2.71. The monoisotopic (exact) mass is 360 g/mol. The molecule has 3 aromatic rings. The summed E-state index contributed by atoms with van der Waals surface area (Å²) in [4.78, 5) is 16.1. The van der Waals surface area contributed by atoms with Crippen molar-refractivity contribution in [1.29, 1.82) is 5.26 Å². The van der Waals surface area contributed by atoms with Crippen LogP contribution in [0.2, 0.25) is 0 Å². The molecule has 0 N–H and O–H groups in total. The van der Waals surface area contributed by atoms with Crippen LogP contribution in [0.15, 0.2) is 73.1 Å². The fraction of sp³-hybridized carbons (Fsp3) is 0.0952. The topological polar surface area (TPSA) is 81.4 Å². The standard InChI is InChI=1S/C21H16N2O4/c1-15(25-20-3-2-12-23-14-20)21(24)27-19-10-8-18(9-11-19)26-17-6-4-16(13-22)5-7-17/h2-12,14-15H,1H3. The molecule has 2 aromatic carbocycles. The van der Waals surface area contributed by atoms with Crippen molar-refractivity contribution in [2.75, 3.05) is 0 Å². The highest BCUT2D eigenvalue weighted by atomic mass is 16.6. The normalized spacial score (nSPS) is 11.1. The Hall–Kier alpha value is -3.85. The van der Waals surface area contributed by atoms with Crippen LogP contribution in [-0.2, 0) is 4.79 Å². The van der Waals surface area contributed by atoms with E-state index in [0.29, 0.717) is 28.6 Å². The Morgan fingerprint density at radius 1 is 0.963 bits per heavy atom. The van der Waals surface area contributed by atoms with Crippen molar-refractivity contribution in [3.05, 3.63) is 78.6 Å². The molecule has 0 saturated carbocycles. The van der Waals surface area contributed by atoms with Crippen LogP contribution in [0.5, 0.6) is 23.0 Å². The number of carbonyl (C=O) groups excluding carboxylic acids is 1. The highest BCUT2D eigenvalue weighted by molar-refractivity contribution is 5.77. The number of benzene rings is 2. The zero-order chi connectivity index (χ0) is 19.1. The zero-order valence-electron chi connectivity index (χ0n) is 14.5. The third-order valence-corrected chi connectivity index (χ3v) is 3.54. The smallest absolute Gasteiger partial charge is 0.352 e. The highest BCUT2D eigenvalue weighted by Crippen LogP contribution is 2.24. The number of aromatic nitrogens is 1. The molecule has 6 heteroatoms. The first kappa shape index (κ1) is 18.0. The van der Waals surface area contributed by atoms with E-state index in [0.717, 1.165) is 0 Å². The minimum atomic E-state index is -0.774. The molecule has 0 fully saturated rings. The van der Waals surface area contributed by atoms with Crippen LogP contribution in [0, 0.1) is 11.3 Å². The molecule has 3 rings (SSSR count). The second-order valence-corrected chi connectivity index (χ2v) is 5.58. The quantitative estimate of drug-likeness (QED) is 0.486. The van der Waals surface area contributed by atoms with Crippen molar-refractivity contribution in [2.24, 2.45) is 0 Å². The second kappa shape index (κ2) is 8.50. The van der Waals surface area contributed by atoms with Crippen LogP contribution in [0.3, 0.4) is 0 Å². The van der Waals surface area contributed by atoms with Crippen LogP contribution in [0.1, 0.15) is 12.5 Å². The number of esters is 1. The Labute approximate surface area is 156 Å². The molecule has 134 valence electrons. The third kappa shape index (κ3) is 5.06. The number of ether oxygens (including phenoxy) is 3. The van der Waals surface area contributed by atoms with Gasteiger partial charge >= 0.3 is 5.97 Å². The van der Waals surface area contributed by atoms with Gasteiger partial charge in [-0.1, -0.05) is 0 Å². The largest absolute Gasteiger partial charge is 0.477 e. The lowest BCUT2D eigenvalue weighted by molar-refractivity contribution is -0.141. The first-order valence-corrected chi connectivity index (χ1v) is 8.20. The average molecular weight is 360 g/mol. The molecule has 0 aliphatic heterocycles. The fourth-order valence-corrected chi connectivity index (χ4v) is 2.18. The van der Waals surface area contributed by atoms with Gasteiger partial charge in [-0.25, -0.2) is 4.79 Å². The lowest BCUT2D eigenvalue weighted by Gasteiger charge is -2.13. The molecule has 1 aromatic heterocycles. The first-order valence-electron chi connectivity index (χ1n) is 8.20. The number of hydrogen-bond acceptors (Lipinski definition) is 6. The van der Waals surface area contributed by atoms with Gasteiger partial charge in [0.2, 0.25) is 0 Å². The van der Waals surface area contributed by atoms with E-state index in [1.54, 1.807) is 73.8 Å². The van der Waals surface area contributed by atoms with Crippen LogP contribution >= 0.6 is 0 Å². The van der Waals surface area contributed by atoms with E-state index in [4.69, 9.17) is 19.5 Å². The van der Waals surface area contributed by atoms with E-state index >= 15 is 0 Å². The summed E-state index contributed by atoms with van der Waals surface area (Å²) in [7, 11) is 0. The Kier molecular flexibility index (Phi) is 5.65. The van der Waals surface area contributed by atoms with Crippen molar-refractivity contribution in [1.82, 2.24) is 4.98 Å². The molecule has 6 nitrogen and oxygen atoms in total. The first-order chi connectivity index (χ1) is 13.1. The summed E-state index contributed by atoms with van der Waals surface area (Å²) in [5.41, 5.74) is 0.562. The number of rotatable bonds is 6. The third-order valence-electron chi connectivity index (χ3n) is 3.54. The number of nitriles is 1. The predicted molar refractivity (Wildman–Crippen MR) is 97.6 cm³/mol. The molecule has 1 atom stereocenters. The Morgan fingerprint density at radius 3 is 2.19 bits per heavy atom. The van der Waals surface area contributed by atoms with Crippen LogP contribution in [0.25, 0.3) is 0 Å². The molecule has 0 bridgehead atoms. The molecule has 27 heavy (non-hydrogen) atoms. The fourth-order valence-electron chi connectivity index (χ4n) is 2.18. The summed E-state index contributed by atoms with van der Waals surface area (Å²) in [5.74, 6) is 1.55. The summed E-state index contributed by atoms with van der Waals surface area (Å²) >= 11 is 0. The van der Waals surface area contributed by atoms with E-state index in [2.05, 4.69) is 11.1 Å². The van der Waals surface area contributed by atoms with Gasteiger partial charge < -0.3 is 14.2 Å². The highest BCUT2D eigenvalue weighted by Gasteiger charge is 2.17. The Morgan fingerprint density at radius 2 is 1.59 bits per heavy atom. The molecule has 0 aliphatic carbocycles. The number of nitrogens with zero attached hydrogens (tertiary/aromatic N) is 2. The van der Waals surface area contributed by atoms with Gasteiger partial charge in [0, 0.05) is 6.20 Å². The SMILES string of the molecule is CC(Oc1cccnc1)C(=O)Oc1ccc(Oc2ccc(C#N)cc2)cc1. The Balaban J connectivity index is 1.56. The summed E-state index contributed by atoms with van der Waals surface area (Å²) in [6.45, 7) is 1.61. The van der Waals surface area contributed by atoms with Crippen molar-refractivity contribution in [3.8, 4) is 29.1 Å². The summed E-state index contributed by atoms with van der Waals surface area (Å²) in [6.07, 6.45) is 2.37. The zero-order valence-corrected chi connectivity index (χ0v) is 14.5. The van der Waals surface area contributed by atoms with Crippen LogP contribution in [0.4, 0.5) is 0 Å². The molecular formula is C21H16N2O4. The molecule has 1 heterocycles. The second-order valence-electron chi connectivity index (χ2n) is 5.58. The van der Waals surface area contributed by atoms with Crippen molar-refractivity contribution < 1.29 is 19.0 Å². The number of carbonyl (C=O) groups is 1. The number of pyridine rings is 1. The van der Waals surface area contributed by atoms with E-state index in [1.807, 2.05) is 0 Å². The lowest BCUT2D eigenvalue weighted by Crippen LogP contribution is -2.28. The minimum absolute atomic E-state index is 0.383. The van der Waals surface area contributed by atoms with Crippen molar-refractivity contribution in [3.63, 3.8) is 0 Å². The summed E-state index contributed by atoms with van der Waals surface area (Å²) < 4.78 is 16.5. The van der Waals surface area contributed by atoms with E-state index in [-0.39, 0.29) is 0 Å². The molecule has 0 aliphatic rings. The maximum absolute atomic E-state index is 12.1. The van der Waals surface area contributed by atoms with E-state index in [1.165, 1.54) is 6.20 Å². The molecule has 1 unspecified atom stereocenters. The van der Waals surface area contributed by atoms with Gasteiger partial charge in [0.1, 0.15) is 23.0 Å². The molecule has 0 saturated heterocycles. The minimum Gasteiger partial charge on any atom is -0.477 e. The summed E-state index contributed by atoms with van der Waals surface area (Å²) in [6, 6.07) is 18.9. The van der Waals surface area contributed by atoms with Crippen LogP contribution < -0.4 is 14.2 Å². The van der Waals surface area contributed by atoms with Crippen LogP contribution in [-0.4, -0.2) is 17.1 Å². The Bertz CT molecular complexity index is 933. The molecule has 0 radical (unpaired) electrons. The predicted octanol–water partition coefficient (Wildman–Crippen LogP) is 4.12. The molecule has 0 spiro atoms. The van der Waals surface area contributed by atoms with Crippen molar-refractivity contribution >= 4 is 5.97 Å². The molecule has 0 amide bonds. The van der Waals surface area contributed by atoms with E-state index in [9.17, 15) is 4.79 Å². The lowest BCUT2D eigenvalue weighted by atomic mass is 10.2. The van der Waals surface area contributed by atoms with E-state index < -0.39 is 12.1 Å².